The molecule has 8 heteroatoms. The Morgan fingerprint density at radius 2 is 1.89 bits per heavy atom. The third-order valence-electron chi connectivity index (χ3n) is 3.60. The lowest BCUT2D eigenvalue weighted by molar-refractivity contribution is -0.119. The number of halogens is 2. The highest BCUT2D eigenvalue weighted by molar-refractivity contribution is 9.10. The number of aromatic nitrogens is 2. The number of anilines is 1. The Bertz CT molecular complexity index is 986. The second kappa shape index (κ2) is 8.13. The molecule has 2 aromatic carbocycles. The molecule has 1 aromatic heterocycles. The van der Waals surface area contributed by atoms with Crippen molar-refractivity contribution in [3.8, 4) is 5.69 Å². The first-order chi connectivity index (χ1) is 12.9. The number of carbonyl (C=O) groups is 2. The molecule has 1 heterocycles. The molecule has 0 unspecified atom stereocenters. The highest BCUT2D eigenvalue weighted by Crippen LogP contribution is 2.18. The van der Waals surface area contributed by atoms with E-state index in [1.54, 1.807) is 49.4 Å². The maximum atomic E-state index is 13.1. The molecule has 3 rings (SSSR count). The third kappa shape index (κ3) is 4.59. The quantitative estimate of drug-likeness (QED) is 0.622. The molecule has 0 saturated carbocycles. The zero-order valence-corrected chi connectivity index (χ0v) is 15.9. The largest absolute Gasteiger partial charge is 0.452 e. The monoisotopic (exact) mass is 431 g/mol. The van der Waals surface area contributed by atoms with E-state index in [9.17, 15) is 14.0 Å². The first kappa shape index (κ1) is 18.8. The summed E-state index contributed by atoms with van der Waals surface area (Å²) in [4.78, 5) is 24.2. The van der Waals surface area contributed by atoms with E-state index in [0.29, 0.717) is 27.2 Å². The Kier molecular flexibility index (Phi) is 5.66. The molecular formula is C19H15BrFN3O3. The van der Waals surface area contributed by atoms with Gasteiger partial charge in [-0.1, -0.05) is 12.1 Å². The highest BCUT2D eigenvalue weighted by Gasteiger charge is 2.15. The molecular weight excluding hydrogens is 417 g/mol. The van der Waals surface area contributed by atoms with E-state index in [0.717, 1.165) is 0 Å². The number of amides is 1. The van der Waals surface area contributed by atoms with Crippen molar-refractivity contribution in [3.63, 3.8) is 0 Å². The van der Waals surface area contributed by atoms with Crippen LogP contribution in [0.5, 0.6) is 0 Å². The van der Waals surface area contributed by atoms with Crippen LogP contribution in [-0.4, -0.2) is 28.3 Å². The zero-order valence-electron chi connectivity index (χ0n) is 14.3. The molecule has 3 aromatic rings. The van der Waals surface area contributed by atoms with Gasteiger partial charge in [-0.3, -0.25) is 4.79 Å². The van der Waals surface area contributed by atoms with Gasteiger partial charge in [-0.05, 0) is 59.3 Å². The number of benzene rings is 2. The van der Waals surface area contributed by atoms with E-state index in [2.05, 4.69) is 26.3 Å². The van der Waals surface area contributed by atoms with Gasteiger partial charge in [-0.2, -0.15) is 5.10 Å². The SMILES string of the molecule is Cc1cc(NC(=O)COC(=O)c2ccccc2Br)n(-c2ccc(F)cc2)n1. The lowest BCUT2D eigenvalue weighted by Crippen LogP contribution is -2.22. The molecule has 6 nitrogen and oxygen atoms in total. The molecule has 0 spiro atoms. The fraction of sp³-hybridized carbons (Fsp3) is 0.105. The fourth-order valence-electron chi connectivity index (χ4n) is 2.38. The zero-order chi connectivity index (χ0) is 19.4. The van der Waals surface area contributed by atoms with Crippen molar-refractivity contribution in [1.29, 1.82) is 0 Å². The van der Waals surface area contributed by atoms with Gasteiger partial charge in [-0.15, -0.1) is 0 Å². The Morgan fingerprint density at radius 3 is 2.59 bits per heavy atom. The minimum atomic E-state index is -0.610. The first-order valence-electron chi connectivity index (χ1n) is 7.98. The van der Waals surface area contributed by atoms with Gasteiger partial charge < -0.3 is 10.1 Å². The van der Waals surface area contributed by atoms with Crippen LogP contribution in [0, 0.1) is 12.7 Å². The molecule has 0 aliphatic carbocycles. The van der Waals surface area contributed by atoms with Crippen LogP contribution >= 0.6 is 15.9 Å². The van der Waals surface area contributed by atoms with Crippen molar-refractivity contribution >= 4 is 33.6 Å². The number of ether oxygens (including phenoxy) is 1. The third-order valence-corrected chi connectivity index (χ3v) is 4.29. The van der Waals surface area contributed by atoms with Gasteiger partial charge in [0, 0.05) is 10.5 Å². The van der Waals surface area contributed by atoms with E-state index in [1.807, 2.05) is 0 Å². The van der Waals surface area contributed by atoms with Crippen LogP contribution in [0.4, 0.5) is 10.2 Å². The molecule has 0 aliphatic rings. The van der Waals surface area contributed by atoms with Gasteiger partial charge in [0.1, 0.15) is 11.6 Å². The summed E-state index contributed by atoms with van der Waals surface area (Å²) >= 11 is 3.26. The molecule has 1 N–H and O–H groups in total. The van der Waals surface area contributed by atoms with Gasteiger partial charge >= 0.3 is 5.97 Å². The van der Waals surface area contributed by atoms with Crippen LogP contribution in [0.15, 0.2) is 59.1 Å². The molecule has 0 atom stereocenters. The summed E-state index contributed by atoms with van der Waals surface area (Å²) in [5.41, 5.74) is 1.59. The summed E-state index contributed by atoms with van der Waals surface area (Å²) < 4.78 is 20.2. The van der Waals surface area contributed by atoms with Crippen LogP contribution in [0.1, 0.15) is 16.1 Å². The maximum absolute atomic E-state index is 13.1. The second-order valence-electron chi connectivity index (χ2n) is 5.66. The molecule has 0 bridgehead atoms. The molecule has 1 amide bonds. The number of hydrogen-bond acceptors (Lipinski definition) is 4. The smallest absolute Gasteiger partial charge is 0.339 e. The van der Waals surface area contributed by atoms with E-state index in [1.165, 1.54) is 16.8 Å². The van der Waals surface area contributed by atoms with Crippen molar-refractivity contribution in [2.24, 2.45) is 0 Å². The number of esters is 1. The average molecular weight is 432 g/mol. The van der Waals surface area contributed by atoms with Crippen LogP contribution in [0.3, 0.4) is 0 Å². The number of nitrogens with one attached hydrogen (secondary N) is 1. The van der Waals surface area contributed by atoms with Gasteiger partial charge in [0.05, 0.1) is 16.9 Å². The topological polar surface area (TPSA) is 73.2 Å². The molecule has 0 radical (unpaired) electrons. The van der Waals surface area contributed by atoms with Crippen molar-refractivity contribution < 1.29 is 18.7 Å². The van der Waals surface area contributed by atoms with Crippen LogP contribution in [0.25, 0.3) is 5.69 Å². The summed E-state index contributed by atoms with van der Waals surface area (Å²) in [6.07, 6.45) is 0. The van der Waals surface area contributed by atoms with Crippen molar-refractivity contribution in [3.05, 3.63) is 76.1 Å². The van der Waals surface area contributed by atoms with E-state index in [-0.39, 0.29) is 5.82 Å². The Balaban J connectivity index is 1.67. The Morgan fingerprint density at radius 1 is 1.19 bits per heavy atom. The number of aryl methyl sites for hydroxylation is 1. The number of rotatable bonds is 5. The van der Waals surface area contributed by atoms with Crippen LogP contribution in [-0.2, 0) is 9.53 Å². The van der Waals surface area contributed by atoms with Crippen molar-refractivity contribution in [1.82, 2.24) is 9.78 Å². The van der Waals surface area contributed by atoms with Gasteiger partial charge in [-0.25, -0.2) is 13.9 Å². The Labute approximate surface area is 163 Å². The van der Waals surface area contributed by atoms with Crippen LogP contribution in [0.2, 0.25) is 0 Å². The predicted molar refractivity (Wildman–Crippen MR) is 101 cm³/mol. The number of hydrogen-bond donors (Lipinski definition) is 1. The van der Waals surface area contributed by atoms with E-state index < -0.39 is 18.5 Å². The van der Waals surface area contributed by atoms with E-state index in [4.69, 9.17) is 4.74 Å². The normalized spacial score (nSPS) is 10.5. The highest BCUT2D eigenvalue weighted by atomic mass is 79.9. The minimum absolute atomic E-state index is 0.331. The van der Waals surface area contributed by atoms with Gasteiger partial charge in [0.25, 0.3) is 5.91 Å². The lowest BCUT2D eigenvalue weighted by Gasteiger charge is -2.10. The lowest BCUT2D eigenvalue weighted by atomic mass is 10.2. The average Bonchev–Trinajstić information content (AvgIpc) is 3.01. The molecule has 138 valence electrons. The molecule has 0 fully saturated rings. The summed E-state index contributed by atoms with van der Waals surface area (Å²) in [7, 11) is 0. The second-order valence-corrected chi connectivity index (χ2v) is 6.52. The van der Waals surface area contributed by atoms with Crippen LogP contribution < -0.4 is 5.32 Å². The van der Waals surface area contributed by atoms with Gasteiger partial charge in [0.2, 0.25) is 0 Å². The first-order valence-corrected chi connectivity index (χ1v) is 8.77. The summed E-state index contributed by atoms with van der Waals surface area (Å²) in [6, 6.07) is 14.1. The van der Waals surface area contributed by atoms with Crippen molar-refractivity contribution in [2.45, 2.75) is 6.92 Å². The van der Waals surface area contributed by atoms with E-state index >= 15 is 0 Å². The van der Waals surface area contributed by atoms with Gasteiger partial charge in [0.15, 0.2) is 6.61 Å². The molecule has 0 aliphatic heterocycles. The fourth-order valence-corrected chi connectivity index (χ4v) is 2.83. The Hall–Kier alpha value is -3.00. The minimum Gasteiger partial charge on any atom is -0.452 e. The number of nitrogens with zero attached hydrogens (tertiary/aromatic N) is 2. The summed E-state index contributed by atoms with van der Waals surface area (Å²) in [6.45, 7) is 1.32. The van der Waals surface area contributed by atoms with Crippen molar-refractivity contribution in [2.75, 3.05) is 11.9 Å². The predicted octanol–water partition coefficient (Wildman–Crippen LogP) is 3.88. The molecule has 0 saturated heterocycles. The molecule has 27 heavy (non-hydrogen) atoms. The summed E-state index contributed by atoms with van der Waals surface area (Å²) in [5.74, 6) is -1.10. The standard InChI is InChI=1S/C19H15BrFN3O3/c1-12-10-17(24(23-12)14-8-6-13(21)7-9-14)22-18(25)11-27-19(26)15-4-2-3-5-16(15)20/h2-10H,11H2,1H3,(H,22,25). The summed E-state index contributed by atoms with van der Waals surface area (Å²) in [5, 5.41) is 6.93. The maximum Gasteiger partial charge on any atom is 0.339 e. The number of carbonyl (C=O) groups excluding carboxylic acids is 2.